The second kappa shape index (κ2) is 8.17. The fraction of sp³-hybridized carbons (Fsp3) is 0. The van der Waals surface area contributed by atoms with Crippen LogP contribution in [0.25, 0.3) is 0 Å². The molecule has 3 aromatic rings. The summed E-state index contributed by atoms with van der Waals surface area (Å²) in [6, 6.07) is 21.8. The Morgan fingerprint density at radius 3 is 1.93 bits per heavy atom. The van der Waals surface area contributed by atoms with E-state index in [9.17, 15) is 9.59 Å². The monoisotopic (exact) mass is 375 g/mol. The minimum atomic E-state index is -0.373. The molecule has 132 valence electrons. The molecule has 0 aliphatic carbocycles. The highest BCUT2D eigenvalue weighted by molar-refractivity contribution is 6.31. The molecule has 6 heteroatoms. The number of nitriles is 1. The van der Waals surface area contributed by atoms with Gasteiger partial charge in [-0.3, -0.25) is 9.59 Å². The average Bonchev–Trinajstić information content (AvgIpc) is 2.68. The molecule has 3 aromatic carbocycles. The van der Waals surface area contributed by atoms with Gasteiger partial charge in [0.25, 0.3) is 11.8 Å². The Bertz CT molecular complexity index is 1060. The van der Waals surface area contributed by atoms with Crippen molar-refractivity contribution >= 4 is 34.8 Å². The maximum absolute atomic E-state index is 12.4. The van der Waals surface area contributed by atoms with E-state index in [1.165, 1.54) is 6.07 Å². The maximum atomic E-state index is 12.4. The summed E-state index contributed by atoms with van der Waals surface area (Å²) in [6.07, 6.45) is 0. The van der Waals surface area contributed by atoms with Crippen molar-refractivity contribution in [2.24, 2.45) is 0 Å². The van der Waals surface area contributed by atoms with Crippen molar-refractivity contribution in [3.63, 3.8) is 0 Å². The van der Waals surface area contributed by atoms with Crippen LogP contribution in [0.1, 0.15) is 26.3 Å². The van der Waals surface area contributed by atoms with Crippen LogP contribution in [0.5, 0.6) is 0 Å². The van der Waals surface area contributed by atoms with Gasteiger partial charge in [0.2, 0.25) is 0 Å². The van der Waals surface area contributed by atoms with Crippen molar-refractivity contribution in [3.05, 3.63) is 94.5 Å². The van der Waals surface area contributed by atoms with Crippen LogP contribution in [0.2, 0.25) is 5.02 Å². The molecule has 5 nitrogen and oxygen atoms in total. The van der Waals surface area contributed by atoms with Gasteiger partial charge in [0, 0.05) is 27.5 Å². The largest absolute Gasteiger partial charge is 0.322 e. The zero-order valence-corrected chi connectivity index (χ0v) is 14.8. The van der Waals surface area contributed by atoms with Crippen LogP contribution in [0, 0.1) is 11.3 Å². The summed E-state index contributed by atoms with van der Waals surface area (Å²) >= 11 is 5.92. The molecule has 0 aliphatic heterocycles. The molecule has 0 unspecified atom stereocenters. The Hall–Kier alpha value is -3.62. The highest BCUT2D eigenvalue weighted by Gasteiger charge is 2.11. The summed E-state index contributed by atoms with van der Waals surface area (Å²) in [5.41, 5.74) is 2.19. The minimum Gasteiger partial charge on any atom is -0.322 e. The second-order valence-corrected chi connectivity index (χ2v) is 6.13. The third-order valence-corrected chi connectivity index (χ3v) is 3.95. The van der Waals surface area contributed by atoms with E-state index in [4.69, 9.17) is 16.9 Å². The quantitative estimate of drug-likeness (QED) is 0.692. The summed E-state index contributed by atoms with van der Waals surface area (Å²) in [5, 5.41) is 14.9. The molecule has 0 saturated heterocycles. The Labute approximate surface area is 161 Å². The van der Waals surface area contributed by atoms with Crippen molar-refractivity contribution < 1.29 is 9.59 Å². The number of hydrogen-bond acceptors (Lipinski definition) is 3. The van der Waals surface area contributed by atoms with Gasteiger partial charge in [-0.1, -0.05) is 29.8 Å². The molecule has 2 amide bonds. The third kappa shape index (κ3) is 4.72. The molecule has 3 rings (SSSR count). The van der Waals surface area contributed by atoms with Gasteiger partial charge < -0.3 is 10.6 Å². The zero-order chi connectivity index (χ0) is 19.2. The van der Waals surface area contributed by atoms with Gasteiger partial charge in [-0.05, 0) is 54.6 Å². The van der Waals surface area contributed by atoms with Crippen molar-refractivity contribution in [2.45, 2.75) is 0 Å². The van der Waals surface area contributed by atoms with E-state index >= 15 is 0 Å². The molecule has 0 radical (unpaired) electrons. The third-order valence-electron chi connectivity index (χ3n) is 3.72. The number of benzene rings is 3. The standard InChI is InChI=1S/C21H14ClN3O2/c22-17-7-3-9-19(12-17)25-21(27)16-6-2-5-15(11-16)20(26)24-18-8-1-4-14(10-18)13-23/h1-12H,(H,24,26)(H,25,27). The van der Waals surface area contributed by atoms with Crippen molar-refractivity contribution in [1.82, 2.24) is 0 Å². The van der Waals surface area contributed by atoms with E-state index < -0.39 is 0 Å². The SMILES string of the molecule is N#Cc1cccc(NC(=O)c2cccc(C(=O)Nc3cccc(Cl)c3)c2)c1. The lowest BCUT2D eigenvalue weighted by atomic mass is 10.1. The molecule has 0 fully saturated rings. The number of anilines is 2. The molecule has 0 saturated carbocycles. The van der Waals surface area contributed by atoms with Gasteiger partial charge in [0.1, 0.15) is 0 Å². The number of amides is 2. The molecule has 0 spiro atoms. The predicted octanol–water partition coefficient (Wildman–Crippen LogP) is 4.72. The van der Waals surface area contributed by atoms with E-state index in [2.05, 4.69) is 10.6 Å². The number of carbonyl (C=O) groups excluding carboxylic acids is 2. The Morgan fingerprint density at radius 2 is 1.33 bits per heavy atom. The second-order valence-electron chi connectivity index (χ2n) is 5.69. The van der Waals surface area contributed by atoms with Crippen LogP contribution >= 0.6 is 11.6 Å². The number of hydrogen-bond donors (Lipinski definition) is 2. The molecule has 0 bridgehead atoms. The molecule has 2 N–H and O–H groups in total. The lowest BCUT2D eigenvalue weighted by molar-refractivity contribution is 0.102. The van der Waals surface area contributed by atoms with Crippen molar-refractivity contribution in [1.29, 1.82) is 5.26 Å². The van der Waals surface area contributed by atoms with Crippen LogP contribution in [0.15, 0.2) is 72.8 Å². The molecule has 0 atom stereocenters. The van der Waals surface area contributed by atoms with Crippen LogP contribution in [0.4, 0.5) is 11.4 Å². The number of carbonyl (C=O) groups is 2. The molecule has 0 aromatic heterocycles. The smallest absolute Gasteiger partial charge is 0.255 e. The molecular formula is C21H14ClN3O2. The first-order valence-electron chi connectivity index (χ1n) is 8.03. The predicted molar refractivity (Wildman–Crippen MR) is 105 cm³/mol. The molecule has 0 heterocycles. The minimum absolute atomic E-state index is 0.330. The summed E-state index contributed by atoms with van der Waals surface area (Å²) in [7, 11) is 0. The number of nitrogens with zero attached hydrogens (tertiary/aromatic N) is 1. The summed E-state index contributed by atoms with van der Waals surface area (Å²) < 4.78 is 0. The van der Waals surface area contributed by atoms with Gasteiger partial charge in [0.05, 0.1) is 11.6 Å². The van der Waals surface area contributed by atoms with Crippen LogP contribution in [0.3, 0.4) is 0 Å². The van der Waals surface area contributed by atoms with E-state index in [-0.39, 0.29) is 11.8 Å². The lowest BCUT2D eigenvalue weighted by Crippen LogP contribution is -2.15. The van der Waals surface area contributed by atoms with E-state index in [0.29, 0.717) is 33.1 Å². The summed E-state index contributed by atoms with van der Waals surface area (Å²) in [6.45, 7) is 0. The Morgan fingerprint density at radius 1 is 0.778 bits per heavy atom. The maximum Gasteiger partial charge on any atom is 0.255 e. The molecular weight excluding hydrogens is 362 g/mol. The topological polar surface area (TPSA) is 82.0 Å². The number of rotatable bonds is 4. The van der Waals surface area contributed by atoms with Gasteiger partial charge in [-0.25, -0.2) is 0 Å². The van der Waals surface area contributed by atoms with E-state index in [1.54, 1.807) is 66.7 Å². The Balaban J connectivity index is 1.75. The van der Waals surface area contributed by atoms with Crippen LogP contribution in [-0.2, 0) is 0 Å². The zero-order valence-electron chi connectivity index (χ0n) is 14.1. The van der Waals surface area contributed by atoms with Gasteiger partial charge in [-0.2, -0.15) is 5.26 Å². The van der Waals surface area contributed by atoms with Crippen LogP contribution in [-0.4, -0.2) is 11.8 Å². The first kappa shape index (κ1) is 18.2. The van der Waals surface area contributed by atoms with Gasteiger partial charge in [-0.15, -0.1) is 0 Å². The molecule has 0 aliphatic rings. The summed E-state index contributed by atoms with van der Waals surface area (Å²) in [5.74, 6) is -0.721. The van der Waals surface area contributed by atoms with E-state index in [1.807, 2.05) is 6.07 Å². The highest BCUT2D eigenvalue weighted by atomic mass is 35.5. The first-order chi connectivity index (χ1) is 13.0. The fourth-order valence-electron chi connectivity index (χ4n) is 2.44. The Kier molecular flexibility index (Phi) is 5.50. The summed E-state index contributed by atoms with van der Waals surface area (Å²) in [4.78, 5) is 24.9. The van der Waals surface area contributed by atoms with Crippen molar-refractivity contribution in [3.8, 4) is 6.07 Å². The van der Waals surface area contributed by atoms with Gasteiger partial charge in [0.15, 0.2) is 0 Å². The average molecular weight is 376 g/mol. The van der Waals surface area contributed by atoms with E-state index in [0.717, 1.165) is 0 Å². The van der Waals surface area contributed by atoms with Crippen LogP contribution < -0.4 is 10.6 Å². The molecule has 27 heavy (non-hydrogen) atoms. The lowest BCUT2D eigenvalue weighted by Gasteiger charge is -2.08. The number of halogens is 1. The number of nitrogens with one attached hydrogen (secondary N) is 2. The first-order valence-corrected chi connectivity index (χ1v) is 8.41. The fourth-order valence-corrected chi connectivity index (χ4v) is 2.63. The normalized spacial score (nSPS) is 9.93. The van der Waals surface area contributed by atoms with Crippen molar-refractivity contribution in [2.75, 3.05) is 10.6 Å². The van der Waals surface area contributed by atoms with Gasteiger partial charge >= 0.3 is 0 Å². The highest BCUT2D eigenvalue weighted by Crippen LogP contribution is 2.17.